The highest BCUT2D eigenvalue weighted by Crippen LogP contribution is 2.22. The quantitative estimate of drug-likeness (QED) is 0.572. The summed E-state index contributed by atoms with van der Waals surface area (Å²) in [5.74, 6) is 1.07. The Labute approximate surface area is 95.7 Å². The fourth-order valence-corrected chi connectivity index (χ4v) is 2.18. The van der Waals surface area contributed by atoms with Gasteiger partial charge in [0.15, 0.2) is 0 Å². The molecule has 0 aliphatic heterocycles. The van der Waals surface area contributed by atoms with Gasteiger partial charge in [0.05, 0.1) is 13.2 Å². The summed E-state index contributed by atoms with van der Waals surface area (Å²) in [6.45, 7) is 3.43. The number of aliphatic hydroxyl groups excluding tert-OH is 1. The van der Waals surface area contributed by atoms with Crippen LogP contribution in [0.5, 0.6) is 0 Å². The van der Waals surface area contributed by atoms with E-state index >= 15 is 0 Å². The second-order valence-electron chi connectivity index (χ2n) is 3.30. The van der Waals surface area contributed by atoms with E-state index in [2.05, 4.69) is 31.2 Å². The molecule has 0 saturated carbocycles. The van der Waals surface area contributed by atoms with Gasteiger partial charge in [0.2, 0.25) is 0 Å². The first-order valence-corrected chi connectivity index (χ1v) is 6.20. The molecule has 0 fully saturated rings. The lowest BCUT2D eigenvalue weighted by molar-refractivity contribution is 0.0933. The molecule has 0 heterocycles. The first kappa shape index (κ1) is 12.6. The Balaban J connectivity index is 2.12. The fraction of sp³-hybridized carbons (Fsp3) is 0.500. The molecule has 0 atom stereocenters. The van der Waals surface area contributed by atoms with Crippen LogP contribution in [0.25, 0.3) is 0 Å². The lowest BCUT2D eigenvalue weighted by Crippen LogP contribution is -2.01. The molecule has 0 bridgehead atoms. The minimum absolute atomic E-state index is 0.116. The standard InChI is InChI=1S/C12H18O2S/c1-11-5-2-3-6-12(11)15-10-4-8-14-9-7-13/h2-3,5-6,13H,4,7-10H2,1H3. The van der Waals surface area contributed by atoms with Crippen molar-refractivity contribution in [1.82, 2.24) is 0 Å². The average Bonchev–Trinajstić information content (AvgIpc) is 2.25. The van der Waals surface area contributed by atoms with Crippen LogP contribution in [-0.4, -0.2) is 30.7 Å². The zero-order valence-electron chi connectivity index (χ0n) is 9.11. The van der Waals surface area contributed by atoms with Crippen LogP contribution in [0.3, 0.4) is 0 Å². The molecule has 0 amide bonds. The number of thioether (sulfide) groups is 1. The number of ether oxygens (including phenoxy) is 1. The maximum absolute atomic E-state index is 8.51. The molecule has 1 N–H and O–H groups in total. The molecular weight excluding hydrogens is 208 g/mol. The van der Waals surface area contributed by atoms with E-state index in [1.807, 2.05) is 11.8 Å². The van der Waals surface area contributed by atoms with E-state index in [1.54, 1.807) is 0 Å². The van der Waals surface area contributed by atoms with Gasteiger partial charge in [-0.3, -0.25) is 0 Å². The van der Waals surface area contributed by atoms with Gasteiger partial charge in [0.1, 0.15) is 0 Å². The number of rotatable bonds is 7. The molecule has 0 spiro atoms. The molecule has 1 aromatic carbocycles. The van der Waals surface area contributed by atoms with Gasteiger partial charge in [0, 0.05) is 17.3 Å². The highest BCUT2D eigenvalue weighted by Gasteiger charge is 1.97. The predicted octanol–water partition coefficient (Wildman–Crippen LogP) is 2.49. The van der Waals surface area contributed by atoms with Crippen molar-refractivity contribution in [3.8, 4) is 0 Å². The summed E-state index contributed by atoms with van der Waals surface area (Å²) in [6, 6.07) is 8.40. The van der Waals surface area contributed by atoms with E-state index in [9.17, 15) is 0 Å². The fourth-order valence-electron chi connectivity index (χ4n) is 1.23. The molecular formula is C12H18O2S. The van der Waals surface area contributed by atoms with Crippen LogP contribution in [0.2, 0.25) is 0 Å². The van der Waals surface area contributed by atoms with Crippen LogP contribution in [0.1, 0.15) is 12.0 Å². The number of hydrogen-bond acceptors (Lipinski definition) is 3. The van der Waals surface area contributed by atoms with Gasteiger partial charge in [-0.1, -0.05) is 18.2 Å². The smallest absolute Gasteiger partial charge is 0.0697 e. The summed E-state index contributed by atoms with van der Waals surface area (Å²) in [6.07, 6.45) is 1.03. The predicted molar refractivity (Wildman–Crippen MR) is 64.4 cm³/mol. The molecule has 0 unspecified atom stereocenters. The SMILES string of the molecule is Cc1ccccc1SCCCOCCO. The molecule has 0 aliphatic rings. The molecule has 1 rings (SSSR count). The summed E-state index contributed by atoms with van der Waals surface area (Å²) >= 11 is 1.86. The van der Waals surface area contributed by atoms with Crippen molar-refractivity contribution in [2.24, 2.45) is 0 Å². The minimum atomic E-state index is 0.116. The third kappa shape index (κ3) is 5.21. The van der Waals surface area contributed by atoms with Gasteiger partial charge in [-0.15, -0.1) is 11.8 Å². The van der Waals surface area contributed by atoms with E-state index in [4.69, 9.17) is 9.84 Å². The monoisotopic (exact) mass is 226 g/mol. The molecule has 0 saturated heterocycles. The van der Waals surface area contributed by atoms with Gasteiger partial charge < -0.3 is 9.84 Å². The Hall–Kier alpha value is -0.510. The second kappa shape index (κ2) is 7.74. The normalized spacial score (nSPS) is 10.5. The van der Waals surface area contributed by atoms with Crippen molar-refractivity contribution in [3.05, 3.63) is 29.8 Å². The highest BCUT2D eigenvalue weighted by atomic mass is 32.2. The molecule has 0 radical (unpaired) electrons. The van der Waals surface area contributed by atoms with Gasteiger partial charge in [-0.05, 0) is 25.0 Å². The second-order valence-corrected chi connectivity index (χ2v) is 4.44. The van der Waals surface area contributed by atoms with Crippen LogP contribution in [0, 0.1) is 6.92 Å². The Bertz CT molecular complexity index is 276. The molecule has 1 aromatic rings. The van der Waals surface area contributed by atoms with Crippen molar-refractivity contribution in [1.29, 1.82) is 0 Å². The van der Waals surface area contributed by atoms with Crippen LogP contribution < -0.4 is 0 Å². The van der Waals surface area contributed by atoms with Gasteiger partial charge in [-0.2, -0.15) is 0 Å². The van der Waals surface area contributed by atoms with Gasteiger partial charge >= 0.3 is 0 Å². The topological polar surface area (TPSA) is 29.5 Å². The van der Waals surface area contributed by atoms with E-state index in [1.165, 1.54) is 10.5 Å². The zero-order chi connectivity index (χ0) is 10.9. The Kier molecular flexibility index (Phi) is 6.48. The first-order chi connectivity index (χ1) is 7.34. The van der Waals surface area contributed by atoms with Crippen molar-refractivity contribution in [3.63, 3.8) is 0 Å². The third-order valence-corrected chi connectivity index (χ3v) is 3.28. The van der Waals surface area contributed by atoms with Crippen LogP contribution >= 0.6 is 11.8 Å². The lowest BCUT2D eigenvalue weighted by Gasteiger charge is -2.05. The first-order valence-electron chi connectivity index (χ1n) is 5.21. The van der Waals surface area contributed by atoms with Crippen LogP contribution in [0.15, 0.2) is 29.2 Å². The van der Waals surface area contributed by atoms with Crippen molar-refractivity contribution < 1.29 is 9.84 Å². The van der Waals surface area contributed by atoms with E-state index < -0.39 is 0 Å². The Morgan fingerprint density at radius 2 is 2.07 bits per heavy atom. The number of benzene rings is 1. The average molecular weight is 226 g/mol. The minimum Gasteiger partial charge on any atom is -0.394 e. The highest BCUT2D eigenvalue weighted by molar-refractivity contribution is 7.99. The van der Waals surface area contributed by atoms with E-state index in [0.717, 1.165) is 18.8 Å². The summed E-state index contributed by atoms with van der Waals surface area (Å²) in [7, 11) is 0. The van der Waals surface area contributed by atoms with E-state index in [0.29, 0.717) is 6.61 Å². The van der Waals surface area contributed by atoms with Crippen LogP contribution in [0.4, 0.5) is 0 Å². The summed E-state index contributed by atoms with van der Waals surface area (Å²) in [4.78, 5) is 1.35. The largest absolute Gasteiger partial charge is 0.394 e. The van der Waals surface area contributed by atoms with Crippen LogP contribution in [-0.2, 0) is 4.74 Å². The Morgan fingerprint density at radius 3 is 2.80 bits per heavy atom. The van der Waals surface area contributed by atoms with Crippen molar-refractivity contribution >= 4 is 11.8 Å². The van der Waals surface area contributed by atoms with Crippen molar-refractivity contribution in [2.45, 2.75) is 18.2 Å². The number of aliphatic hydroxyl groups is 1. The summed E-state index contributed by atoms with van der Waals surface area (Å²) in [5.41, 5.74) is 1.33. The van der Waals surface area contributed by atoms with Crippen molar-refractivity contribution in [2.75, 3.05) is 25.6 Å². The maximum Gasteiger partial charge on any atom is 0.0697 e. The molecule has 2 nitrogen and oxygen atoms in total. The number of aryl methyl sites for hydroxylation is 1. The van der Waals surface area contributed by atoms with Gasteiger partial charge in [-0.25, -0.2) is 0 Å². The molecule has 0 aliphatic carbocycles. The summed E-state index contributed by atoms with van der Waals surface area (Å²) in [5, 5.41) is 8.51. The molecule has 0 aromatic heterocycles. The third-order valence-electron chi connectivity index (χ3n) is 2.02. The number of hydrogen-bond donors (Lipinski definition) is 1. The lowest BCUT2D eigenvalue weighted by atomic mass is 10.2. The van der Waals surface area contributed by atoms with Gasteiger partial charge in [0.25, 0.3) is 0 Å². The molecule has 15 heavy (non-hydrogen) atoms. The molecule has 3 heteroatoms. The summed E-state index contributed by atoms with van der Waals surface area (Å²) < 4.78 is 5.19. The zero-order valence-corrected chi connectivity index (χ0v) is 9.93. The Morgan fingerprint density at radius 1 is 1.27 bits per heavy atom. The molecule has 84 valence electrons. The maximum atomic E-state index is 8.51. The van der Waals surface area contributed by atoms with E-state index in [-0.39, 0.29) is 6.61 Å².